The zero-order chi connectivity index (χ0) is 14.4. The van der Waals surface area contributed by atoms with Gasteiger partial charge >= 0.3 is 5.97 Å². The van der Waals surface area contributed by atoms with Crippen LogP contribution < -0.4 is 0 Å². The first kappa shape index (κ1) is 15.8. The van der Waals surface area contributed by atoms with Gasteiger partial charge in [0.25, 0.3) is 0 Å². The molecule has 0 aromatic heterocycles. The van der Waals surface area contributed by atoms with E-state index in [2.05, 4.69) is 11.8 Å². The first-order chi connectivity index (χ1) is 9.74. The molecule has 0 spiro atoms. The van der Waals surface area contributed by atoms with Crippen LogP contribution in [0.15, 0.2) is 0 Å². The van der Waals surface area contributed by atoms with Crippen LogP contribution in [0, 0.1) is 11.8 Å². The van der Waals surface area contributed by atoms with E-state index in [9.17, 15) is 4.79 Å². The lowest BCUT2D eigenvalue weighted by Gasteiger charge is -2.40. The highest BCUT2D eigenvalue weighted by molar-refractivity contribution is 5.72. The fourth-order valence-corrected chi connectivity index (χ4v) is 3.95. The van der Waals surface area contributed by atoms with E-state index in [1.54, 1.807) is 0 Å². The van der Waals surface area contributed by atoms with Crippen LogP contribution >= 0.6 is 0 Å². The lowest BCUT2D eigenvalue weighted by Crippen LogP contribution is -2.43. The molecule has 0 aromatic rings. The van der Waals surface area contributed by atoms with Crippen LogP contribution in [0.2, 0.25) is 0 Å². The van der Waals surface area contributed by atoms with Crippen LogP contribution in [-0.4, -0.2) is 36.6 Å². The molecule has 1 aliphatic heterocycles. The van der Waals surface area contributed by atoms with E-state index in [4.69, 9.17) is 4.74 Å². The number of rotatable bonds is 5. The third kappa shape index (κ3) is 4.21. The highest BCUT2D eigenvalue weighted by Gasteiger charge is 2.31. The monoisotopic (exact) mass is 281 g/mol. The average Bonchev–Trinajstić information content (AvgIpc) is 2.49. The number of likely N-dealkylation sites (tertiary alicyclic amines) is 1. The molecular formula is C17H31NO2. The Hall–Kier alpha value is -0.570. The Bertz CT molecular complexity index is 289. The molecule has 3 heteroatoms. The van der Waals surface area contributed by atoms with Gasteiger partial charge < -0.3 is 9.64 Å². The number of piperidine rings is 1. The molecule has 2 fully saturated rings. The summed E-state index contributed by atoms with van der Waals surface area (Å²) in [6.07, 6.45) is 9.91. The normalized spacial score (nSPS) is 29.3. The number of hydrogen-bond acceptors (Lipinski definition) is 3. The smallest absolute Gasteiger partial charge is 0.308 e. The number of ether oxygens (including phenoxy) is 1. The topological polar surface area (TPSA) is 29.5 Å². The second-order valence-corrected chi connectivity index (χ2v) is 6.53. The quantitative estimate of drug-likeness (QED) is 0.721. The van der Waals surface area contributed by atoms with Gasteiger partial charge in [-0.05, 0) is 64.5 Å². The Morgan fingerprint density at radius 2 is 1.70 bits per heavy atom. The molecule has 116 valence electrons. The highest BCUT2D eigenvalue weighted by atomic mass is 16.5. The molecule has 2 aliphatic rings. The van der Waals surface area contributed by atoms with Crippen molar-refractivity contribution in [2.45, 2.75) is 71.3 Å². The standard InChI is InChI=1S/C17H31NO2/c1-3-5-14-10-12-18(13-11-14)16-8-6-15(7-9-16)17(19)20-4-2/h14-16H,3-13H2,1-2H3. The molecule has 0 unspecified atom stereocenters. The average molecular weight is 281 g/mol. The van der Waals surface area contributed by atoms with Crippen LogP contribution in [0.25, 0.3) is 0 Å². The summed E-state index contributed by atoms with van der Waals surface area (Å²) in [5.74, 6) is 1.17. The number of esters is 1. The van der Waals surface area contributed by atoms with E-state index in [-0.39, 0.29) is 11.9 Å². The molecule has 1 heterocycles. The van der Waals surface area contributed by atoms with E-state index in [0.717, 1.165) is 24.8 Å². The Kier molecular flexibility index (Phi) is 6.34. The van der Waals surface area contributed by atoms with E-state index < -0.39 is 0 Å². The van der Waals surface area contributed by atoms with E-state index in [1.165, 1.54) is 51.6 Å². The van der Waals surface area contributed by atoms with Gasteiger partial charge in [0.15, 0.2) is 0 Å². The van der Waals surface area contributed by atoms with Crippen molar-refractivity contribution in [3.63, 3.8) is 0 Å². The maximum absolute atomic E-state index is 11.8. The van der Waals surface area contributed by atoms with Crippen molar-refractivity contribution >= 4 is 5.97 Å². The van der Waals surface area contributed by atoms with Gasteiger partial charge in [-0.25, -0.2) is 0 Å². The molecule has 0 aromatic carbocycles. The molecule has 1 aliphatic carbocycles. The predicted molar refractivity (Wildman–Crippen MR) is 81.6 cm³/mol. The molecule has 2 rings (SSSR count). The largest absolute Gasteiger partial charge is 0.466 e. The van der Waals surface area contributed by atoms with Crippen LogP contribution in [0.4, 0.5) is 0 Å². The number of carbonyl (C=O) groups is 1. The zero-order valence-corrected chi connectivity index (χ0v) is 13.3. The van der Waals surface area contributed by atoms with Crippen molar-refractivity contribution in [1.29, 1.82) is 0 Å². The first-order valence-electron chi connectivity index (χ1n) is 8.65. The van der Waals surface area contributed by atoms with E-state index >= 15 is 0 Å². The molecule has 0 radical (unpaired) electrons. The molecule has 1 saturated heterocycles. The Balaban J connectivity index is 1.70. The van der Waals surface area contributed by atoms with Crippen molar-refractivity contribution in [1.82, 2.24) is 4.90 Å². The number of carbonyl (C=O) groups excluding carboxylic acids is 1. The van der Waals surface area contributed by atoms with Crippen molar-refractivity contribution in [3.05, 3.63) is 0 Å². The summed E-state index contributed by atoms with van der Waals surface area (Å²) in [6.45, 7) is 7.26. The van der Waals surface area contributed by atoms with Gasteiger partial charge in [0.05, 0.1) is 12.5 Å². The Labute approximate surface area is 124 Å². The van der Waals surface area contributed by atoms with Gasteiger partial charge in [-0.1, -0.05) is 19.8 Å². The highest BCUT2D eigenvalue weighted by Crippen LogP contribution is 2.31. The van der Waals surface area contributed by atoms with Crippen LogP contribution in [0.5, 0.6) is 0 Å². The van der Waals surface area contributed by atoms with Crippen LogP contribution in [0.3, 0.4) is 0 Å². The zero-order valence-electron chi connectivity index (χ0n) is 13.3. The minimum atomic E-state index is 0.0348. The maximum atomic E-state index is 11.8. The van der Waals surface area contributed by atoms with Crippen molar-refractivity contribution in [2.24, 2.45) is 11.8 Å². The summed E-state index contributed by atoms with van der Waals surface area (Å²) in [4.78, 5) is 14.4. The number of hydrogen-bond donors (Lipinski definition) is 0. The summed E-state index contributed by atoms with van der Waals surface area (Å²) in [6, 6.07) is 0.725. The lowest BCUT2D eigenvalue weighted by molar-refractivity contribution is -0.149. The van der Waals surface area contributed by atoms with Gasteiger partial charge in [-0.2, -0.15) is 0 Å². The van der Waals surface area contributed by atoms with Crippen LogP contribution in [-0.2, 0) is 9.53 Å². The molecule has 0 bridgehead atoms. The minimum absolute atomic E-state index is 0.0348. The summed E-state index contributed by atoms with van der Waals surface area (Å²) >= 11 is 0. The van der Waals surface area contributed by atoms with Crippen molar-refractivity contribution in [2.75, 3.05) is 19.7 Å². The summed E-state index contributed by atoms with van der Waals surface area (Å²) in [5, 5.41) is 0. The molecular weight excluding hydrogens is 250 g/mol. The van der Waals surface area contributed by atoms with Crippen molar-refractivity contribution < 1.29 is 9.53 Å². The van der Waals surface area contributed by atoms with Gasteiger partial charge in [0, 0.05) is 6.04 Å². The maximum Gasteiger partial charge on any atom is 0.308 e. The second kappa shape index (κ2) is 8.02. The Morgan fingerprint density at radius 1 is 1.05 bits per heavy atom. The van der Waals surface area contributed by atoms with E-state index in [0.29, 0.717) is 6.61 Å². The van der Waals surface area contributed by atoms with Gasteiger partial charge in [-0.15, -0.1) is 0 Å². The fraction of sp³-hybridized carbons (Fsp3) is 0.941. The predicted octanol–water partition coefficient (Wildman–Crippen LogP) is 3.62. The lowest BCUT2D eigenvalue weighted by atomic mass is 9.83. The Morgan fingerprint density at radius 3 is 2.25 bits per heavy atom. The van der Waals surface area contributed by atoms with E-state index in [1.807, 2.05) is 6.92 Å². The molecule has 0 atom stereocenters. The third-order valence-corrected chi connectivity index (χ3v) is 5.18. The molecule has 1 saturated carbocycles. The summed E-state index contributed by atoms with van der Waals surface area (Å²) < 4.78 is 5.15. The first-order valence-corrected chi connectivity index (χ1v) is 8.65. The van der Waals surface area contributed by atoms with Crippen LogP contribution in [0.1, 0.15) is 65.2 Å². The molecule has 0 amide bonds. The molecule has 0 N–H and O–H groups in total. The minimum Gasteiger partial charge on any atom is -0.466 e. The third-order valence-electron chi connectivity index (χ3n) is 5.18. The van der Waals surface area contributed by atoms with Gasteiger partial charge in [0.2, 0.25) is 0 Å². The van der Waals surface area contributed by atoms with Gasteiger partial charge in [-0.3, -0.25) is 4.79 Å². The molecule has 3 nitrogen and oxygen atoms in total. The number of nitrogens with zero attached hydrogens (tertiary/aromatic N) is 1. The van der Waals surface area contributed by atoms with Crippen molar-refractivity contribution in [3.8, 4) is 0 Å². The summed E-state index contributed by atoms with van der Waals surface area (Å²) in [7, 11) is 0. The molecule has 20 heavy (non-hydrogen) atoms. The van der Waals surface area contributed by atoms with Gasteiger partial charge in [0.1, 0.15) is 0 Å². The SMILES string of the molecule is CCCC1CCN(C2CCC(C(=O)OCC)CC2)CC1. The fourth-order valence-electron chi connectivity index (χ4n) is 3.95. The summed E-state index contributed by atoms with van der Waals surface area (Å²) in [5.41, 5.74) is 0. The second-order valence-electron chi connectivity index (χ2n) is 6.53.